The van der Waals surface area contributed by atoms with Gasteiger partial charge in [0.25, 0.3) is 0 Å². The van der Waals surface area contributed by atoms with Crippen molar-refractivity contribution in [2.75, 3.05) is 13.7 Å². The number of fused-ring (bicyclic) bond motifs is 1. The highest BCUT2D eigenvalue weighted by atomic mass is 16.5. The Morgan fingerprint density at radius 2 is 1.86 bits per heavy atom. The van der Waals surface area contributed by atoms with Crippen molar-refractivity contribution in [3.8, 4) is 11.6 Å². The van der Waals surface area contributed by atoms with Crippen LogP contribution in [0.25, 0.3) is 11.2 Å². The minimum Gasteiger partial charge on any atom is -0.497 e. The summed E-state index contributed by atoms with van der Waals surface area (Å²) in [6.45, 7) is 2.53. The van der Waals surface area contributed by atoms with E-state index in [1.807, 2.05) is 43.3 Å². The fourth-order valence-electron chi connectivity index (χ4n) is 2.17. The number of H-pyrrole nitrogens is 1. The van der Waals surface area contributed by atoms with Gasteiger partial charge in [0, 0.05) is 12.5 Å². The molecule has 0 aliphatic carbocycles. The predicted octanol–water partition coefficient (Wildman–Crippen LogP) is 2.96. The molecule has 0 saturated heterocycles. The lowest BCUT2D eigenvalue weighted by atomic mass is 10.1. The SMILES string of the molecule is CCOc1ccc2[nH]c(Cc3ccc(OC)cc3)nc2n1. The third-order valence-electron chi connectivity index (χ3n) is 3.19. The Kier molecular flexibility index (Phi) is 3.73. The zero-order valence-electron chi connectivity index (χ0n) is 12.1. The molecule has 0 unspecified atom stereocenters. The molecule has 3 aromatic rings. The molecule has 0 aliphatic heterocycles. The van der Waals surface area contributed by atoms with Gasteiger partial charge in [-0.2, -0.15) is 4.98 Å². The Morgan fingerprint density at radius 3 is 2.57 bits per heavy atom. The van der Waals surface area contributed by atoms with Gasteiger partial charge in [-0.1, -0.05) is 12.1 Å². The maximum absolute atomic E-state index is 5.39. The van der Waals surface area contributed by atoms with Crippen molar-refractivity contribution >= 4 is 11.2 Å². The van der Waals surface area contributed by atoms with E-state index in [-0.39, 0.29) is 0 Å². The summed E-state index contributed by atoms with van der Waals surface area (Å²) in [6.07, 6.45) is 0.727. The zero-order chi connectivity index (χ0) is 14.7. The molecule has 108 valence electrons. The van der Waals surface area contributed by atoms with Crippen molar-refractivity contribution in [3.63, 3.8) is 0 Å². The van der Waals surface area contributed by atoms with E-state index < -0.39 is 0 Å². The maximum Gasteiger partial charge on any atom is 0.215 e. The Morgan fingerprint density at radius 1 is 1.05 bits per heavy atom. The summed E-state index contributed by atoms with van der Waals surface area (Å²) in [6, 6.07) is 11.8. The summed E-state index contributed by atoms with van der Waals surface area (Å²) >= 11 is 0. The van der Waals surface area contributed by atoms with E-state index in [0.717, 1.165) is 23.5 Å². The average molecular weight is 283 g/mol. The van der Waals surface area contributed by atoms with E-state index in [9.17, 15) is 0 Å². The molecule has 0 fully saturated rings. The van der Waals surface area contributed by atoms with E-state index in [1.165, 1.54) is 5.56 Å². The van der Waals surface area contributed by atoms with Gasteiger partial charge in [0.05, 0.1) is 19.2 Å². The molecule has 0 saturated carbocycles. The second-order valence-corrected chi connectivity index (χ2v) is 4.66. The number of imidazole rings is 1. The third-order valence-corrected chi connectivity index (χ3v) is 3.19. The quantitative estimate of drug-likeness (QED) is 0.782. The number of methoxy groups -OCH3 is 1. The molecule has 0 spiro atoms. The standard InChI is InChI=1S/C16H17N3O2/c1-3-21-15-9-8-13-16(19-15)18-14(17-13)10-11-4-6-12(20-2)7-5-11/h4-9H,3,10H2,1-2H3,(H,17,18,19). The summed E-state index contributed by atoms with van der Waals surface area (Å²) in [4.78, 5) is 12.2. The molecule has 0 aliphatic rings. The molecular weight excluding hydrogens is 266 g/mol. The lowest BCUT2D eigenvalue weighted by Gasteiger charge is -2.01. The van der Waals surface area contributed by atoms with Crippen LogP contribution in [0.5, 0.6) is 11.6 Å². The second kappa shape index (κ2) is 5.83. The molecule has 2 aromatic heterocycles. The number of nitrogens with one attached hydrogen (secondary N) is 1. The predicted molar refractivity (Wildman–Crippen MR) is 80.9 cm³/mol. The van der Waals surface area contributed by atoms with Crippen molar-refractivity contribution < 1.29 is 9.47 Å². The molecule has 0 bridgehead atoms. The second-order valence-electron chi connectivity index (χ2n) is 4.66. The van der Waals surface area contributed by atoms with Crippen LogP contribution < -0.4 is 9.47 Å². The van der Waals surface area contributed by atoms with Crippen LogP contribution in [0, 0.1) is 0 Å². The zero-order valence-corrected chi connectivity index (χ0v) is 12.1. The summed E-state index contributed by atoms with van der Waals surface area (Å²) in [5.41, 5.74) is 2.77. The van der Waals surface area contributed by atoms with E-state index in [2.05, 4.69) is 15.0 Å². The van der Waals surface area contributed by atoms with Crippen LogP contribution in [-0.4, -0.2) is 28.7 Å². The van der Waals surface area contributed by atoms with Crippen molar-refractivity contribution in [3.05, 3.63) is 47.8 Å². The van der Waals surface area contributed by atoms with Gasteiger partial charge in [0.15, 0.2) is 5.65 Å². The van der Waals surface area contributed by atoms with E-state index in [1.54, 1.807) is 7.11 Å². The van der Waals surface area contributed by atoms with Gasteiger partial charge in [0.2, 0.25) is 5.88 Å². The number of rotatable bonds is 5. The van der Waals surface area contributed by atoms with Crippen LogP contribution in [-0.2, 0) is 6.42 Å². The first-order chi connectivity index (χ1) is 10.3. The lowest BCUT2D eigenvalue weighted by molar-refractivity contribution is 0.328. The summed E-state index contributed by atoms with van der Waals surface area (Å²) in [5.74, 6) is 2.34. The smallest absolute Gasteiger partial charge is 0.215 e. The number of ether oxygens (including phenoxy) is 2. The molecule has 0 atom stereocenters. The number of aromatic amines is 1. The molecule has 2 heterocycles. The van der Waals surface area contributed by atoms with E-state index in [0.29, 0.717) is 18.1 Å². The molecule has 5 nitrogen and oxygen atoms in total. The van der Waals surface area contributed by atoms with Gasteiger partial charge < -0.3 is 14.5 Å². The highest BCUT2D eigenvalue weighted by Crippen LogP contribution is 2.17. The molecule has 0 radical (unpaired) electrons. The van der Waals surface area contributed by atoms with Crippen molar-refractivity contribution in [1.82, 2.24) is 15.0 Å². The van der Waals surface area contributed by atoms with Gasteiger partial charge in [-0.05, 0) is 30.7 Å². The number of nitrogens with zero attached hydrogens (tertiary/aromatic N) is 2. The minimum absolute atomic E-state index is 0.599. The monoisotopic (exact) mass is 283 g/mol. The maximum atomic E-state index is 5.39. The molecule has 3 rings (SSSR count). The van der Waals surface area contributed by atoms with Gasteiger partial charge in [-0.25, -0.2) is 4.98 Å². The Bertz CT molecular complexity index is 735. The first-order valence-corrected chi connectivity index (χ1v) is 6.90. The van der Waals surface area contributed by atoms with Crippen LogP contribution in [0.15, 0.2) is 36.4 Å². The number of hydrogen-bond acceptors (Lipinski definition) is 4. The molecule has 21 heavy (non-hydrogen) atoms. The lowest BCUT2D eigenvalue weighted by Crippen LogP contribution is -1.93. The molecular formula is C16H17N3O2. The van der Waals surface area contributed by atoms with Crippen molar-refractivity contribution in [2.45, 2.75) is 13.3 Å². The van der Waals surface area contributed by atoms with E-state index in [4.69, 9.17) is 9.47 Å². The largest absolute Gasteiger partial charge is 0.497 e. The van der Waals surface area contributed by atoms with Crippen LogP contribution in [0.4, 0.5) is 0 Å². The number of pyridine rings is 1. The van der Waals surface area contributed by atoms with Gasteiger partial charge >= 0.3 is 0 Å². The topological polar surface area (TPSA) is 60.0 Å². The van der Waals surface area contributed by atoms with Crippen molar-refractivity contribution in [1.29, 1.82) is 0 Å². The normalized spacial score (nSPS) is 10.8. The summed E-state index contributed by atoms with van der Waals surface area (Å²) in [5, 5.41) is 0. The van der Waals surface area contributed by atoms with Crippen LogP contribution >= 0.6 is 0 Å². The van der Waals surface area contributed by atoms with Gasteiger partial charge in [-0.3, -0.25) is 0 Å². The molecule has 1 N–H and O–H groups in total. The number of hydrogen-bond donors (Lipinski definition) is 1. The third kappa shape index (κ3) is 2.97. The Hall–Kier alpha value is -2.56. The molecule has 5 heteroatoms. The summed E-state index contributed by atoms with van der Waals surface area (Å²) in [7, 11) is 1.66. The fraction of sp³-hybridized carbons (Fsp3) is 0.250. The Balaban J connectivity index is 1.83. The highest BCUT2D eigenvalue weighted by Gasteiger charge is 2.06. The van der Waals surface area contributed by atoms with Crippen molar-refractivity contribution in [2.24, 2.45) is 0 Å². The fourth-order valence-corrected chi connectivity index (χ4v) is 2.17. The summed E-state index contributed by atoms with van der Waals surface area (Å²) < 4.78 is 10.5. The van der Waals surface area contributed by atoms with Crippen LogP contribution in [0.1, 0.15) is 18.3 Å². The number of benzene rings is 1. The van der Waals surface area contributed by atoms with E-state index >= 15 is 0 Å². The minimum atomic E-state index is 0.599. The Labute approximate surface area is 123 Å². The number of aromatic nitrogens is 3. The van der Waals surface area contributed by atoms with Crippen LogP contribution in [0.3, 0.4) is 0 Å². The first kappa shape index (κ1) is 13.4. The van der Waals surface area contributed by atoms with Gasteiger partial charge in [0.1, 0.15) is 11.6 Å². The molecule has 1 aromatic carbocycles. The first-order valence-electron chi connectivity index (χ1n) is 6.90. The average Bonchev–Trinajstić information content (AvgIpc) is 2.90. The molecule has 0 amide bonds. The van der Waals surface area contributed by atoms with Gasteiger partial charge in [-0.15, -0.1) is 0 Å². The highest BCUT2D eigenvalue weighted by molar-refractivity contribution is 5.71. The van der Waals surface area contributed by atoms with Crippen LogP contribution in [0.2, 0.25) is 0 Å².